The van der Waals surface area contributed by atoms with Crippen LogP contribution in [-0.2, 0) is 4.43 Å². The Morgan fingerprint density at radius 1 is 0.938 bits per heavy atom. The second-order valence-electron chi connectivity index (χ2n) is 9.48. The zero-order valence-corrected chi connectivity index (χ0v) is 21.5. The van der Waals surface area contributed by atoms with Gasteiger partial charge in [0.2, 0.25) is 0 Å². The highest BCUT2D eigenvalue weighted by molar-refractivity contribution is 6.74. The number of amides is 1. The van der Waals surface area contributed by atoms with Crippen molar-refractivity contribution in [3.63, 3.8) is 0 Å². The summed E-state index contributed by atoms with van der Waals surface area (Å²) in [4.78, 5) is 12.6. The average molecular weight is 477 g/mol. The third kappa shape index (κ3) is 5.57. The predicted molar refractivity (Wildman–Crippen MR) is 134 cm³/mol. The van der Waals surface area contributed by atoms with Crippen LogP contribution in [0.4, 0.5) is 17.1 Å². The lowest BCUT2D eigenvalue weighted by Gasteiger charge is -2.36. The minimum atomic E-state index is -1.72. The standard InChI is InChI=1S/C24H33ClN2O4Si/c1-24(2,3)32(5,6)31-12-8-7-11-30-22-15-19-20(14-21(22)29-4)27-23(28)17-10-9-16(25)13-18(17)26-19/h9-10,13-15,26H,7-8,11-12H2,1-6H3,(H,27,28). The molecular formula is C24H33ClN2O4Si. The SMILES string of the molecule is COc1cc2c(cc1OCCCCO[Si](C)(C)C(C)(C)C)Nc1cc(Cl)ccc1C(=O)N2. The number of nitrogens with one attached hydrogen (secondary N) is 2. The molecule has 0 aliphatic carbocycles. The third-order valence-corrected chi connectivity index (χ3v) is 10.9. The number of hydrogen-bond acceptors (Lipinski definition) is 5. The first kappa shape index (κ1) is 24.4. The van der Waals surface area contributed by atoms with E-state index < -0.39 is 8.32 Å². The van der Waals surface area contributed by atoms with Gasteiger partial charge >= 0.3 is 0 Å². The first-order valence-electron chi connectivity index (χ1n) is 10.9. The lowest BCUT2D eigenvalue weighted by molar-refractivity contribution is 0.102. The van der Waals surface area contributed by atoms with Crippen LogP contribution in [0.15, 0.2) is 30.3 Å². The maximum atomic E-state index is 12.6. The van der Waals surface area contributed by atoms with Crippen LogP contribution < -0.4 is 20.1 Å². The van der Waals surface area contributed by atoms with E-state index in [4.69, 9.17) is 25.5 Å². The number of rotatable bonds is 8. The van der Waals surface area contributed by atoms with E-state index in [0.717, 1.165) is 25.1 Å². The van der Waals surface area contributed by atoms with E-state index in [0.29, 0.717) is 40.1 Å². The molecule has 6 nitrogen and oxygen atoms in total. The van der Waals surface area contributed by atoms with Crippen LogP contribution in [0.25, 0.3) is 0 Å². The van der Waals surface area contributed by atoms with Gasteiger partial charge in [-0.1, -0.05) is 32.4 Å². The lowest BCUT2D eigenvalue weighted by Crippen LogP contribution is -2.41. The van der Waals surface area contributed by atoms with Crippen molar-refractivity contribution in [2.45, 2.75) is 51.7 Å². The molecule has 0 spiro atoms. The van der Waals surface area contributed by atoms with Gasteiger partial charge in [-0.2, -0.15) is 0 Å². The normalized spacial score (nSPS) is 13.4. The molecule has 0 fully saturated rings. The van der Waals surface area contributed by atoms with Crippen LogP contribution in [0.2, 0.25) is 23.2 Å². The summed E-state index contributed by atoms with van der Waals surface area (Å²) in [6.45, 7) is 12.6. The molecule has 0 radical (unpaired) electrons. The maximum Gasteiger partial charge on any atom is 0.257 e. The van der Waals surface area contributed by atoms with Crippen molar-refractivity contribution < 1.29 is 18.7 Å². The number of carbonyl (C=O) groups is 1. The number of unbranched alkanes of at least 4 members (excludes halogenated alkanes) is 1. The number of ether oxygens (including phenoxy) is 2. The van der Waals surface area contributed by atoms with Crippen LogP contribution >= 0.6 is 11.6 Å². The monoisotopic (exact) mass is 476 g/mol. The van der Waals surface area contributed by atoms with E-state index in [2.05, 4.69) is 44.5 Å². The zero-order chi connectivity index (χ0) is 23.5. The Morgan fingerprint density at radius 2 is 1.59 bits per heavy atom. The number of hydrogen-bond donors (Lipinski definition) is 2. The summed E-state index contributed by atoms with van der Waals surface area (Å²) in [5.41, 5.74) is 2.51. The van der Waals surface area contributed by atoms with Gasteiger partial charge in [-0.05, 0) is 49.2 Å². The van der Waals surface area contributed by atoms with Crippen molar-refractivity contribution in [1.82, 2.24) is 0 Å². The number of anilines is 3. The van der Waals surface area contributed by atoms with Gasteiger partial charge in [0.25, 0.3) is 5.91 Å². The molecule has 0 aromatic heterocycles. The first-order valence-corrected chi connectivity index (χ1v) is 14.2. The Morgan fingerprint density at radius 3 is 2.28 bits per heavy atom. The minimum Gasteiger partial charge on any atom is -0.493 e. The Bertz CT molecular complexity index is 989. The Balaban J connectivity index is 1.64. The second-order valence-corrected chi connectivity index (χ2v) is 14.7. The Kier molecular flexibility index (Phi) is 7.42. The fourth-order valence-corrected chi connectivity index (χ4v) is 4.38. The van der Waals surface area contributed by atoms with Crippen LogP contribution in [0, 0.1) is 0 Å². The molecule has 1 aliphatic rings. The second kappa shape index (κ2) is 9.73. The number of fused-ring (bicyclic) bond motifs is 2. The summed E-state index contributed by atoms with van der Waals surface area (Å²) in [7, 11) is -0.131. The Hall–Kier alpha value is -2.22. The average Bonchev–Trinajstić information content (AvgIpc) is 2.83. The van der Waals surface area contributed by atoms with E-state index in [-0.39, 0.29) is 10.9 Å². The molecule has 32 heavy (non-hydrogen) atoms. The molecule has 0 bridgehead atoms. The summed E-state index contributed by atoms with van der Waals surface area (Å²) in [6.07, 6.45) is 1.80. The van der Waals surface area contributed by atoms with Crippen LogP contribution in [0.1, 0.15) is 44.0 Å². The third-order valence-electron chi connectivity index (χ3n) is 6.11. The molecule has 0 unspecified atom stereocenters. The smallest absolute Gasteiger partial charge is 0.257 e. The molecule has 0 atom stereocenters. The summed E-state index contributed by atoms with van der Waals surface area (Å²) >= 11 is 6.12. The molecule has 1 aliphatic heterocycles. The highest BCUT2D eigenvalue weighted by Crippen LogP contribution is 2.41. The van der Waals surface area contributed by atoms with E-state index in [1.54, 1.807) is 31.4 Å². The molecule has 3 rings (SSSR count). The molecular weight excluding hydrogens is 444 g/mol. The first-order chi connectivity index (χ1) is 15.0. The van der Waals surface area contributed by atoms with Crippen LogP contribution in [0.5, 0.6) is 11.5 Å². The van der Waals surface area contributed by atoms with Gasteiger partial charge in [0.1, 0.15) is 0 Å². The van der Waals surface area contributed by atoms with E-state index in [1.165, 1.54) is 0 Å². The molecule has 1 heterocycles. The molecule has 174 valence electrons. The lowest BCUT2D eigenvalue weighted by atomic mass is 10.1. The van der Waals surface area contributed by atoms with Crippen LogP contribution in [0.3, 0.4) is 0 Å². The molecule has 2 aromatic carbocycles. The summed E-state index contributed by atoms with van der Waals surface area (Å²) < 4.78 is 17.8. The molecule has 2 N–H and O–H groups in total. The molecule has 2 aromatic rings. The van der Waals surface area contributed by atoms with Gasteiger partial charge in [0, 0.05) is 23.8 Å². The highest BCUT2D eigenvalue weighted by Gasteiger charge is 2.36. The predicted octanol–water partition coefficient (Wildman–Crippen LogP) is 6.84. The number of halogens is 1. The van der Waals surface area contributed by atoms with Crippen molar-refractivity contribution in [1.29, 1.82) is 0 Å². The largest absolute Gasteiger partial charge is 0.493 e. The van der Waals surface area contributed by atoms with E-state index >= 15 is 0 Å². The topological polar surface area (TPSA) is 68.8 Å². The van der Waals surface area contributed by atoms with Crippen molar-refractivity contribution in [2.75, 3.05) is 31.0 Å². The van der Waals surface area contributed by atoms with Gasteiger partial charge in [-0.3, -0.25) is 4.79 Å². The van der Waals surface area contributed by atoms with Crippen LogP contribution in [-0.4, -0.2) is 34.5 Å². The zero-order valence-electron chi connectivity index (χ0n) is 19.7. The molecule has 0 saturated heterocycles. The number of benzene rings is 2. The van der Waals surface area contributed by atoms with Crippen molar-refractivity contribution >= 4 is 42.9 Å². The summed E-state index contributed by atoms with van der Waals surface area (Å²) in [5, 5.41) is 6.97. The van der Waals surface area contributed by atoms with Crippen molar-refractivity contribution in [2.24, 2.45) is 0 Å². The number of methoxy groups -OCH3 is 1. The quantitative estimate of drug-likeness (QED) is 0.322. The van der Waals surface area contributed by atoms with Gasteiger partial charge in [0.15, 0.2) is 19.8 Å². The highest BCUT2D eigenvalue weighted by atomic mass is 35.5. The van der Waals surface area contributed by atoms with Gasteiger partial charge < -0.3 is 24.5 Å². The van der Waals surface area contributed by atoms with Gasteiger partial charge in [-0.25, -0.2) is 0 Å². The minimum absolute atomic E-state index is 0.208. The summed E-state index contributed by atoms with van der Waals surface area (Å²) in [6, 6.07) is 8.74. The Labute approximate surface area is 196 Å². The van der Waals surface area contributed by atoms with E-state index in [9.17, 15) is 4.79 Å². The fraction of sp³-hybridized carbons (Fsp3) is 0.458. The van der Waals surface area contributed by atoms with Crippen molar-refractivity contribution in [3.8, 4) is 11.5 Å². The molecule has 0 saturated carbocycles. The fourth-order valence-electron chi connectivity index (χ4n) is 3.12. The van der Waals surface area contributed by atoms with Gasteiger partial charge in [0.05, 0.1) is 36.3 Å². The van der Waals surface area contributed by atoms with Gasteiger partial charge in [-0.15, -0.1) is 0 Å². The maximum absolute atomic E-state index is 12.6. The molecule has 8 heteroatoms. The van der Waals surface area contributed by atoms with E-state index in [1.807, 2.05) is 6.07 Å². The number of carbonyl (C=O) groups excluding carboxylic acids is 1. The molecule has 1 amide bonds. The summed E-state index contributed by atoms with van der Waals surface area (Å²) in [5.74, 6) is 0.969. The van der Waals surface area contributed by atoms with Crippen molar-refractivity contribution in [3.05, 3.63) is 40.9 Å².